The van der Waals surface area contributed by atoms with Gasteiger partial charge in [0.05, 0.1) is 13.2 Å². The van der Waals surface area contributed by atoms with Gasteiger partial charge in [0.15, 0.2) is 11.5 Å². The molecule has 176 valence electrons. The molecular weight excluding hydrogens is 450 g/mol. The largest absolute Gasteiger partial charge is 0.490 e. The van der Waals surface area contributed by atoms with Crippen LogP contribution in [0.4, 0.5) is 0 Å². The number of aromatic nitrogens is 2. The summed E-state index contributed by atoms with van der Waals surface area (Å²) < 4.78 is 17.5. The summed E-state index contributed by atoms with van der Waals surface area (Å²) in [6.07, 6.45) is 0.781. The second-order valence-corrected chi connectivity index (χ2v) is 8.09. The highest BCUT2D eigenvalue weighted by atomic mass is 35.5. The molecule has 0 spiro atoms. The van der Waals surface area contributed by atoms with Gasteiger partial charge in [-0.2, -0.15) is 0 Å². The molecule has 0 fully saturated rings. The molecule has 0 saturated carbocycles. The molecule has 1 atom stereocenters. The van der Waals surface area contributed by atoms with Crippen LogP contribution in [0.1, 0.15) is 36.9 Å². The van der Waals surface area contributed by atoms with Crippen molar-refractivity contribution in [1.82, 2.24) is 15.5 Å². The minimum absolute atomic E-state index is 0.294. The van der Waals surface area contributed by atoms with E-state index in [2.05, 4.69) is 21.6 Å². The monoisotopic (exact) mass is 477 g/mol. The van der Waals surface area contributed by atoms with E-state index in [9.17, 15) is 0 Å². The molecule has 0 unspecified atom stereocenters. The Morgan fingerprint density at radius 3 is 2.44 bits per heavy atom. The van der Waals surface area contributed by atoms with Gasteiger partial charge in [0.1, 0.15) is 6.04 Å². The number of hydrogen-bond acceptors (Lipinski definition) is 6. The molecule has 1 N–H and O–H groups in total. The van der Waals surface area contributed by atoms with Crippen LogP contribution in [-0.4, -0.2) is 30.0 Å². The summed E-state index contributed by atoms with van der Waals surface area (Å²) >= 11 is 6.27. The molecule has 1 heterocycles. The van der Waals surface area contributed by atoms with Gasteiger partial charge in [-0.1, -0.05) is 48.0 Å². The molecule has 6 nitrogen and oxygen atoms in total. The van der Waals surface area contributed by atoms with E-state index in [1.54, 1.807) is 0 Å². The third-order valence-electron chi connectivity index (χ3n) is 5.26. The van der Waals surface area contributed by atoms with Crippen molar-refractivity contribution in [1.29, 1.82) is 0 Å². The molecule has 0 aliphatic carbocycles. The summed E-state index contributed by atoms with van der Waals surface area (Å²) in [7, 11) is 0. The van der Waals surface area contributed by atoms with Gasteiger partial charge in [-0.05, 0) is 67.8 Å². The Kier molecular flexibility index (Phi) is 8.17. The molecule has 0 aliphatic rings. The Morgan fingerprint density at radius 2 is 1.68 bits per heavy atom. The van der Waals surface area contributed by atoms with Crippen molar-refractivity contribution in [2.75, 3.05) is 19.8 Å². The second kappa shape index (κ2) is 11.7. The standard InChI is InChI=1S/C27H28ClN3O3/c1-3-32-23-14-13-19(17-24(23)33-4-2)15-16-29-25(21-11-8-12-22(28)18-21)27-31-30-26(34-27)20-9-6-5-7-10-20/h5-14,17-18,25,29H,3-4,15-16H2,1-2H3/t25-/m0/s1. The molecule has 4 aromatic rings. The predicted octanol–water partition coefficient (Wildman–Crippen LogP) is 6.11. The first kappa shape index (κ1) is 23.8. The molecule has 0 amide bonds. The first-order chi connectivity index (χ1) is 16.7. The SMILES string of the molecule is CCOc1ccc(CCN[C@@H](c2cccc(Cl)c2)c2nnc(-c3ccccc3)o2)cc1OCC. The Bertz CT molecular complexity index is 1200. The first-order valence-corrected chi connectivity index (χ1v) is 11.8. The number of ether oxygens (including phenoxy) is 2. The maximum Gasteiger partial charge on any atom is 0.247 e. The van der Waals surface area contributed by atoms with Crippen molar-refractivity contribution in [2.45, 2.75) is 26.3 Å². The number of halogens is 1. The Morgan fingerprint density at radius 1 is 0.882 bits per heavy atom. The van der Waals surface area contributed by atoms with Crippen LogP contribution in [0.25, 0.3) is 11.5 Å². The van der Waals surface area contributed by atoms with Gasteiger partial charge in [0.2, 0.25) is 11.8 Å². The topological polar surface area (TPSA) is 69.4 Å². The molecular formula is C27H28ClN3O3. The van der Waals surface area contributed by atoms with Gasteiger partial charge in [-0.3, -0.25) is 0 Å². The van der Waals surface area contributed by atoms with Gasteiger partial charge in [0, 0.05) is 17.1 Å². The average molecular weight is 478 g/mol. The predicted molar refractivity (Wildman–Crippen MR) is 134 cm³/mol. The zero-order valence-electron chi connectivity index (χ0n) is 19.3. The quantitative estimate of drug-likeness (QED) is 0.281. The van der Waals surface area contributed by atoms with Crippen molar-refractivity contribution in [3.8, 4) is 23.0 Å². The summed E-state index contributed by atoms with van der Waals surface area (Å²) in [6, 6.07) is 23.2. The number of nitrogens with zero attached hydrogens (tertiary/aromatic N) is 2. The van der Waals surface area contributed by atoms with Crippen molar-refractivity contribution >= 4 is 11.6 Å². The summed E-state index contributed by atoms with van der Waals surface area (Å²) in [4.78, 5) is 0. The van der Waals surface area contributed by atoms with E-state index in [1.165, 1.54) is 0 Å². The molecule has 0 bridgehead atoms. The maximum absolute atomic E-state index is 6.27. The lowest BCUT2D eigenvalue weighted by molar-refractivity contribution is 0.287. The highest BCUT2D eigenvalue weighted by molar-refractivity contribution is 6.30. The molecule has 7 heteroatoms. The van der Waals surface area contributed by atoms with Gasteiger partial charge >= 0.3 is 0 Å². The lowest BCUT2D eigenvalue weighted by Gasteiger charge is -2.17. The van der Waals surface area contributed by atoms with Crippen molar-refractivity contribution < 1.29 is 13.9 Å². The van der Waals surface area contributed by atoms with Gasteiger partial charge < -0.3 is 19.2 Å². The van der Waals surface area contributed by atoms with Gasteiger partial charge in [-0.25, -0.2) is 0 Å². The van der Waals surface area contributed by atoms with Crippen LogP contribution in [0.15, 0.2) is 77.2 Å². The minimum atomic E-state index is -0.294. The van der Waals surface area contributed by atoms with Crippen LogP contribution >= 0.6 is 11.6 Å². The van der Waals surface area contributed by atoms with Crippen molar-refractivity contribution in [2.24, 2.45) is 0 Å². The lowest BCUT2D eigenvalue weighted by Crippen LogP contribution is -2.25. The van der Waals surface area contributed by atoms with Crippen LogP contribution < -0.4 is 14.8 Å². The molecule has 0 saturated heterocycles. The zero-order valence-corrected chi connectivity index (χ0v) is 20.1. The minimum Gasteiger partial charge on any atom is -0.490 e. The number of nitrogens with one attached hydrogen (secondary N) is 1. The highest BCUT2D eigenvalue weighted by Crippen LogP contribution is 2.29. The number of rotatable bonds is 11. The highest BCUT2D eigenvalue weighted by Gasteiger charge is 2.21. The van der Waals surface area contributed by atoms with Crippen molar-refractivity contribution in [3.05, 3.63) is 94.8 Å². The van der Waals surface area contributed by atoms with Crippen molar-refractivity contribution in [3.63, 3.8) is 0 Å². The normalized spacial score (nSPS) is 11.9. The smallest absolute Gasteiger partial charge is 0.247 e. The van der Waals surface area contributed by atoms with Crippen LogP contribution in [0.5, 0.6) is 11.5 Å². The number of hydrogen-bond donors (Lipinski definition) is 1. The molecule has 34 heavy (non-hydrogen) atoms. The lowest BCUT2D eigenvalue weighted by atomic mass is 10.1. The fraction of sp³-hybridized carbons (Fsp3) is 0.259. The van der Waals surface area contributed by atoms with Crippen LogP contribution in [0, 0.1) is 0 Å². The summed E-state index contributed by atoms with van der Waals surface area (Å²) in [5.74, 6) is 2.50. The first-order valence-electron chi connectivity index (χ1n) is 11.4. The van der Waals surface area contributed by atoms with E-state index in [0.717, 1.165) is 34.6 Å². The molecule has 4 rings (SSSR count). The van der Waals surface area contributed by atoms with E-state index in [-0.39, 0.29) is 6.04 Å². The third-order valence-corrected chi connectivity index (χ3v) is 5.50. The van der Waals surface area contributed by atoms with E-state index in [1.807, 2.05) is 80.6 Å². The fourth-order valence-electron chi connectivity index (χ4n) is 3.69. The Hall–Kier alpha value is -3.35. The van der Waals surface area contributed by atoms with Crippen LogP contribution in [-0.2, 0) is 6.42 Å². The molecule has 3 aromatic carbocycles. The fourth-order valence-corrected chi connectivity index (χ4v) is 3.89. The van der Waals surface area contributed by atoms with Crippen LogP contribution in [0.3, 0.4) is 0 Å². The molecule has 1 aromatic heterocycles. The van der Waals surface area contributed by atoms with E-state index < -0.39 is 0 Å². The average Bonchev–Trinajstić information content (AvgIpc) is 3.34. The van der Waals surface area contributed by atoms with Gasteiger partial charge in [0.25, 0.3) is 0 Å². The second-order valence-electron chi connectivity index (χ2n) is 7.65. The Labute approximate surface area is 204 Å². The summed E-state index contributed by atoms with van der Waals surface area (Å²) in [6.45, 7) is 5.79. The van der Waals surface area contributed by atoms with Crippen LogP contribution in [0.2, 0.25) is 5.02 Å². The van der Waals surface area contributed by atoms with E-state index >= 15 is 0 Å². The molecule has 0 radical (unpaired) electrons. The van der Waals surface area contributed by atoms with E-state index in [4.69, 9.17) is 25.5 Å². The van der Waals surface area contributed by atoms with Gasteiger partial charge in [-0.15, -0.1) is 10.2 Å². The number of benzene rings is 3. The maximum atomic E-state index is 6.27. The summed E-state index contributed by atoms with van der Waals surface area (Å²) in [5, 5.41) is 12.8. The Balaban J connectivity index is 1.52. The summed E-state index contributed by atoms with van der Waals surface area (Å²) in [5.41, 5.74) is 2.97. The zero-order chi connectivity index (χ0) is 23.8. The van der Waals surface area contributed by atoms with E-state index in [0.29, 0.717) is 36.6 Å². The third kappa shape index (κ3) is 5.95. The molecule has 0 aliphatic heterocycles.